The highest BCUT2D eigenvalue weighted by atomic mass is 32.1. The lowest BCUT2D eigenvalue weighted by molar-refractivity contribution is 0.243. The van der Waals surface area contributed by atoms with E-state index in [1.807, 2.05) is 43.3 Å². The SMILES string of the molecule is COc1cccc([C@H](CNC(=O)Nc2nncs2)N(C)C)c1. The number of carbonyl (C=O) groups is 1. The summed E-state index contributed by atoms with van der Waals surface area (Å²) in [4.78, 5) is 13.9. The molecule has 0 unspecified atom stereocenters. The third-order valence-corrected chi connectivity index (χ3v) is 3.75. The summed E-state index contributed by atoms with van der Waals surface area (Å²) in [5.74, 6) is 0.794. The van der Waals surface area contributed by atoms with Crippen LogP contribution in [0, 0.1) is 0 Å². The summed E-state index contributed by atoms with van der Waals surface area (Å²) < 4.78 is 5.25. The molecule has 0 radical (unpaired) electrons. The van der Waals surface area contributed by atoms with E-state index in [2.05, 4.69) is 20.8 Å². The molecule has 0 saturated heterocycles. The molecule has 2 amide bonds. The molecule has 2 rings (SSSR count). The van der Waals surface area contributed by atoms with Crippen LogP contribution in [0.5, 0.6) is 5.75 Å². The quantitative estimate of drug-likeness (QED) is 0.850. The zero-order chi connectivity index (χ0) is 15.9. The van der Waals surface area contributed by atoms with Gasteiger partial charge in [0.25, 0.3) is 0 Å². The van der Waals surface area contributed by atoms with Crippen LogP contribution >= 0.6 is 11.3 Å². The van der Waals surface area contributed by atoms with Crippen LogP contribution in [0.2, 0.25) is 0 Å². The van der Waals surface area contributed by atoms with Gasteiger partial charge in [-0.25, -0.2) is 4.79 Å². The number of ether oxygens (including phenoxy) is 1. The first-order valence-electron chi connectivity index (χ1n) is 6.71. The second kappa shape index (κ2) is 7.71. The Morgan fingerprint density at radius 3 is 2.91 bits per heavy atom. The van der Waals surface area contributed by atoms with Crippen molar-refractivity contribution < 1.29 is 9.53 Å². The Hall–Kier alpha value is -2.19. The zero-order valence-corrected chi connectivity index (χ0v) is 13.6. The average molecular weight is 321 g/mol. The summed E-state index contributed by atoms with van der Waals surface area (Å²) in [5, 5.41) is 13.4. The fourth-order valence-corrected chi connectivity index (χ4v) is 2.45. The van der Waals surface area contributed by atoms with Crippen molar-refractivity contribution >= 4 is 22.5 Å². The topological polar surface area (TPSA) is 79.4 Å². The monoisotopic (exact) mass is 321 g/mol. The molecule has 0 bridgehead atoms. The lowest BCUT2D eigenvalue weighted by Gasteiger charge is -2.25. The van der Waals surface area contributed by atoms with E-state index in [4.69, 9.17) is 4.74 Å². The second-order valence-electron chi connectivity index (χ2n) is 4.83. The minimum absolute atomic E-state index is 0.0373. The van der Waals surface area contributed by atoms with Crippen LogP contribution in [-0.4, -0.2) is 48.9 Å². The molecule has 0 aliphatic carbocycles. The molecule has 1 atom stereocenters. The second-order valence-corrected chi connectivity index (χ2v) is 5.67. The summed E-state index contributed by atoms with van der Waals surface area (Å²) in [6, 6.07) is 7.55. The maximum absolute atomic E-state index is 11.9. The van der Waals surface area contributed by atoms with Crippen molar-refractivity contribution in [2.75, 3.05) is 33.1 Å². The molecule has 0 aliphatic heterocycles. The Labute approximate surface area is 133 Å². The fourth-order valence-electron chi connectivity index (χ4n) is 2.01. The van der Waals surface area contributed by atoms with E-state index in [1.165, 1.54) is 11.3 Å². The molecule has 0 spiro atoms. The third kappa shape index (κ3) is 4.40. The number of nitrogens with zero attached hydrogens (tertiary/aromatic N) is 3. The number of likely N-dealkylation sites (N-methyl/N-ethyl adjacent to an activating group) is 1. The van der Waals surface area contributed by atoms with E-state index < -0.39 is 0 Å². The van der Waals surface area contributed by atoms with Gasteiger partial charge in [-0.2, -0.15) is 0 Å². The highest BCUT2D eigenvalue weighted by Crippen LogP contribution is 2.22. The summed E-state index contributed by atoms with van der Waals surface area (Å²) in [6.07, 6.45) is 0. The number of rotatable bonds is 6. The van der Waals surface area contributed by atoms with Crippen LogP contribution in [-0.2, 0) is 0 Å². The van der Waals surface area contributed by atoms with Gasteiger partial charge in [0.2, 0.25) is 5.13 Å². The van der Waals surface area contributed by atoms with Gasteiger partial charge in [-0.3, -0.25) is 5.32 Å². The summed E-state index contributed by atoms with van der Waals surface area (Å²) in [7, 11) is 5.57. The van der Waals surface area contributed by atoms with Crippen molar-refractivity contribution in [2.24, 2.45) is 0 Å². The molecule has 2 aromatic rings. The lowest BCUT2D eigenvalue weighted by Crippen LogP contribution is -2.36. The minimum Gasteiger partial charge on any atom is -0.497 e. The van der Waals surface area contributed by atoms with Gasteiger partial charge >= 0.3 is 6.03 Å². The van der Waals surface area contributed by atoms with Gasteiger partial charge in [-0.1, -0.05) is 23.5 Å². The smallest absolute Gasteiger partial charge is 0.321 e. The summed E-state index contributed by atoms with van der Waals surface area (Å²) in [6.45, 7) is 0.463. The first-order valence-corrected chi connectivity index (χ1v) is 7.59. The van der Waals surface area contributed by atoms with E-state index in [1.54, 1.807) is 12.6 Å². The number of urea groups is 1. The third-order valence-electron chi connectivity index (χ3n) is 3.14. The van der Waals surface area contributed by atoms with Crippen molar-refractivity contribution in [3.05, 3.63) is 35.3 Å². The first kappa shape index (κ1) is 16.2. The summed E-state index contributed by atoms with van der Waals surface area (Å²) >= 11 is 1.27. The zero-order valence-electron chi connectivity index (χ0n) is 12.7. The molecule has 2 N–H and O–H groups in total. The molecular weight excluding hydrogens is 302 g/mol. The van der Waals surface area contributed by atoms with Crippen molar-refractivity contribution in [1.82, 2.24) is 20.4 Å². The molecule has 22 heavy (non-hydrogen) atoms. The van der Waals surface area contributed by atoms with Crippen LogP contribution in [0.25, 0.3) is 0 Å². The van der Waals surface area contributed by atoms with Crippen LogP contribution in [0.15, 0.2) is 29.8 Å². The lowest BCUT2D eigenvalue weighted by atomic mass is 10.1. The number of methoxy groups -OCH3 is 1. The Kier molecular flexibility index (Phi) is 5.68. The molecule has 1 heterocycles. The Morgan fingerprint density at radius 1 is 1.45 bits per heavy atom. The number of carbonyl (C=O) groups excluding carboxylic acids is 1. The number of amides is 2. The number of anilines is 1. The van der Waals surface area contributed by atoms with Crippen LogP contribution < -0.4 is 15.4 Å². The number of nitrogens with one attached hydrogen (secondary N) is 2. The maximum atomic E-state index is 11.9. The largest absolute Gasteiger partial charge is 0.497 e. The predicted octanol–water partition coefficient (Wildman–Crippen LogP) is 1.97. The highest BCUT2D eigenvalue weighted by Gasteiger charge is 2.16. The molecule has 0 aliphatic rings. The molecule has 1 aromatic heterocycles. The van der Waals surface area contributed by atoms with E-state index in [9.17, 15) is 4.79 Å². The molecule has 8 heteroatoms. The molecule has 118 valence electrons. The standard InChI is InChI=1S/C14H19N5O2S/c1-19(2)12(10-5-4-6-11(7-10)21-3)8-15-13(20)17-14-18-16-9-22-14/h4-7,9,12H,8H2,1-3H3,(H2,15,17,18,20)/t12-/m0/s1. The molecule has 0 saturated carbocycles. The van der Waals surface area contributed by atoms with Gasteiger partial charge in [0, 0.05) is 6.54 Å². The van der Waals surface area contributed by atoms with Gasteiger partial charge in [0.05, 0.1) is 13.2 Å². The Balaban J connectivity index is 1.98. The van der Waals surface area contributed by atoms with E-state index in [-0.39, 0.29) is 12.1 Å². The van der Waals surface area contributed by atoms with E-state index in [0.717, 1.165) is 11.3 Å². The maximum Gasteiger partial charge on any atom is 0.321 e. The number of hydrogen-bond donors (Lipinski definition) is 2. The van der Waals surface area contributed by atoms with Crippen LogP contribution in [0.3, 0.4) is 0 Å². The van der Waals surface area contributed by atoms with Crippen molar-refractivity contribution in [1.29, 1.82) is 0 Å². The molecular formula is C14H19N5O2S. The summed E-state index contributed by atoms with van der Waals surface area (Å²) in [5.41, 5.74) is 2.63. The molecule has 1 aromatic carbocycles. The van der Waals surface area contributed by atoms with Crippen molar-refractivity contribution in [2.45, 2.75) is 6.04 Å². The minimum atomic E-state index is -0.300. The van der Waals surface area contributed by atoms with Gasteiger partial charge in [-0.15, -0.1) is 10.2 Å². The number of benzene rings is 1. The molecule has 7 nitrogen and oxygen atoms in total. The number of aromatic nitrogens is 2. The van der Waals surface area contributed by atoms with Crippen LogP contribution in [0.4, 0.5) is 9.93 Å². The average Bonchev–Trinajstić information content (AvgIpc) is 3.00. The molecule has 0 fully saturated rings. The fraction of sp³-hybridized carbons (Fsp3) is 0.357. The van der Waals surface area contributed by atoms with Gasteiger partial charge in [0.15, 0.2) is 0 Å². The van der Waals surface area contributed by atoms with Gasteiger partial charge < -0.3 is 15.0 Å². The van der Waals surface area contributed by atoms with Gasteiger partial charge in [-0.05, 0) is 31.8 Å². The van der Waals surface area contributed by atoms with E-state index >= 15 is 0 Å². The Bertz CT molecular complexity index is 603. The predicted molar refractivity (Wildman–Crippen MR) is 86.4 cm³/mol. The number of hydrogen-bond acceptors (Lipinski definition) is 6. The highest BCUT2D eigenvalue weighted by molar-refractivity contribution is 7.13. The van der Waals surface area contributed by atoms with Crippen LogP contribution in [0.1, 0.15) is 11.6 Å². The van der Waals surface area contributed by atoms with E-state index in [0.29, 0.717) is 11.7 Å². The first-order chi connectivity index (χ1) is 10.6. The van der Waals surface area contributed by atoms with Crippen molar-refractivity contribution in [3.63, 3.8) is 0 Å². The Morgan fingerprint density at radius 2 is 2.27 bits per heavy atom. The van der Waals surface area contributed by atoms with Gasteiger partial charge in [0.1, 0.15) is 11.3 Å². The van der Waals surface area contributed by atoms with Crippen molar-refractivity contribution in [3.8, 4) is 5.75 Å². The normalized spacial score (nSPS) is 12.0.